The second-order valence-electron chi connectivity index (χ2n) is 6.01. The number of nitrogens with two attached hydrogens (primary N) is 1. The number of rotatable bonds is 3. The Morgan fingerprint density at radius 2 is 2.09 bits per heavy atom. The molecule has 128 valence electrons. The topological polar surface area (TPSA) is 92.5 Å². The van der Waals surface area contributed by atoms with Gasteiger partial charge >= 0.3 is 0 Å². The van der Waals surface area contributed by atoms with Gasteiger partial charge in [0, 0.05) is 24.2 Å². The van der Waals surface area contributed by atoms with Crippen molar-refractivity contribution in [3.8, 4) is 0 Å². The normalized spacial score (nSPS) is 23.5. The van der Waals surface area contributed by atoms with E-state index in [2.05, 4.69) is 4.72 Å². The summed E-state index contributed by atoms with van der Waals surface area (Å²) in [4.78, 5) is 14.6. The van der Waals surface area contributed by atoms with Gasteiger partial charge < -0.3 is 10.6 Å². The number of halogens is 1. The minimum atomic E-state index is -3.50. The Bertz CT molecular complexity index is 708. The van der Waals surface area contributed by atoms with E-state index in [1.165, 1.54) is 7.05 Å². The molecule has 2 atom stereocenters. The smallest absolute Gasteiger partial charge is 0.240 e. The SMILES string of the molecule is CNS(=O)(=O)c1ccc2c(c1)N(C(=O)C1CCC(N)C1)CC2.Cl. The van der Waals surface area contributed by atoms with Crippen LogP contribution in [0.4, 0.5) is 5.69 Å². The average Bonchev–Trinajstić information content (AvgIpc) is 3.12. The third kappa shape index (κ3) is 3.38. The van der Waals surface area contributed by atoms with E-state index in [1.54, 1.807) is 23.1 Å². The molecule has 1 saturated carbocycles. The van der Waals surface area contributed by atoms with Gasteiger partial charge in [-0.1, -0.05) is 6.07 Å². The number of hydrogen-bond acceptors (Lipinski definition) is 4. The first-order valence-electron chi connectivity index (χ1n) is 7.56. The molecule has 2 aliphatic rings. The summed E-state index contributed by atoms with van der Waals surface area (Å²) in [5, 5.41) is 0. The maximum Gasteiger partial charge on any atom is 0.240 e. The van der Waals surface area contributed by atoms with E-state index in [0.29, 0.717) is 6.54 Å². The van der Waals surface area contributed by atoms with Crippen molar-refractivity contribution in [2.24, 2.45) is 11.7 Å². The highest BCUT2D eigenvalue weighted by Gasteiger charge is 2.34. The second-order valence-corrected chi connectivity index (χ2v) is 7.89. The lowest BCUT2D eigenvalue weighted by molar-refractivity contribution is -0.122. The van der Waals surface area contributed by atoms with Crippen molar-refractivity contribution >= 4 is 34.0 Å². The predicted octanol–water partition coefficient (Wildman–Crippen LogP) is 1.03. The van der Waals surface area contributed by atoms with Crippen LogP contribution < -0.4 is 15.4 Å². The molecule has 6 nitrogen and oxygen atoms in total. The summed E-state index contributed by atoms with van der Waals surface area (Å²) in [5.74, 6) is 0.0382. The van der Waals surface area contributed by atoms with E-state index in [9.17, 15) is 13.2 Å². The molecule has 2 unspecified atom stereocenters. The van der Waals surface area contributed by atoms with Crippen molar-refractivity contribution in [2.45, 2.75) is 36.6 Å². The van der Waals surface area contributed by atoms with Crippen molar-refractivity contribution < 1.29 is 13.2 Å². The van der Waals surface area contributed by atoms with Gasteiger partial charge in [0.05, 0.1) is 4.90 Å². The maximum absolute atomic E-state index is 12.7. The first kappa shape index (κ1) is 18.2. The fraction of sp³-hybridized carbons (Fsp3) is 0.533. The quantitative estimate of drug-likeness (QED) is 0.843. The van der Waals surface area contributed by atoms with Gasteiger partial charge in [0.1, 0.15) is 0 Å². The molecule has 1 heterocycles. The lowest BCUT2D eigenvalue weighted by Crippen LogP contribution is -2.34. The molecule has 1 aliphatic heterocycles. The van der Waals surface area contributed by atoms with Gasteiger partial charge in [0.25, 0.3) is 0 Å². The molecular formula is C15H22ClN3O3S. The van der Waals surface area contributed by atoms with Crippen molar-refractivity contribution in [1.82, 2.24) is 4.72 Å². The van der Waals surface area contributed by atoms with Crippen LogP contribution in [-0.2, 0) is 21.2 Å². The Balaban J connectivity index is 0.00000192. The monoisotopic (exact) mass is 359 g/mol. The standard InChI is InChI=1S/C15H21N3O3S.ClH/c1-17-22(20,21)13-5-3-10-6-7-18(14(10)9-13)15(19)11-2-4-12(16)8-11;/h3,5,9,11-12,17H,2,4,6-8,16H2,1H3;1H. The number of sulfonamides is 1. The summed E-state index contributed by atoms with van der Waals surface area (Å²) in [7, 11) is -2.12. The number of amides is 1. The molecule has 0 bridgehead atoms. The van der Waals surface area contributed by atoms with Crippen molar-refractivity contribution in [3.63, 3.8) is 0 Å². The van der Waals surface area contributed by atoms with Crippen molar-refractivity contribution in [1.29, 1.82) is 0 Å². The molecule has 23 heavy (non-hydrogen) atoms. The van der Waals surface area contributed by atoms with E-state index in [-0.39, 0.29) is 35.2 Å². The average molecular weight is 360 g/mol. The molecule has 8 heteroatoms. The summed E-state index contributed by atoms with van der Waals surface area (Å²) in [6.45, 7) is 0.614. The van der Waals surface area contributed by atoms with Gasteiger partial charge in [-0.25, -0.2) is 13.1 Å². The minimum Gasteiger partial charge on any atom is -0.328 e. The lowest BCUT2D eigenvalue weighted by Gasteiger charge is -2.21. The first-order valence-corrected chi connectivity index (χ1v) is 9.04. The Morgan fingerprint density at radius 1 is 1.35 bits per heavy atom. The summed E-state index contributed by atoms with van der Waals surface area (Å²) in [5.41, 5.74) is 7.64. The third-order valence-electron chi connectivity index (χ3n) is 4.62. The lowest BCUT2D eigenvalue weighted by atomic mass is 10.1. The molecular weight excluding hydrogens is 338 g/mol. The van der Waals surface area contributed by atoms with E-state index in [0.717, 1.165) is 36.9 Å². The molecule has 1 fully saturated rings. The van der Waals surface area contributed by atoms with Crippen molar-refractivity contribution in [2.75, 3.05) is 18.5 Å². The van der Waals surface area contributed by atoms with Gasteiger partial charge in [0.15, 0.2) is 0 Å². The van der Waals surface area contributed by atoms with E-state index in [4.69, 9.17) is 5.73 Å². The first-order chi connectivity index (χ1) is 10.4. The van der Waals surface area contributed by atoms with Crippen LogP contribution in [0, 0.1) is 5.92 Å². The number of fused-ring (bicyclic) bond motifs is 1. The van der Waals surface area contributed by atoms with E-state index >= 15 is 0 Å². The fourth-order valence-electron chi connectivity index (χ4n) is 3.33. The fourth-order valence-corrected chi connectivity index (χ4v) is 4.08. The maximum atomic E-state index is 12.7. The molecule has 3 N–H and O–H groups in total. The summed E-state index contributed by atoms with van der Waals surface area (Å²) in [6.07, 6.45) is 3.19. The number of nitrogens with one attached hydrogen (secondary N) is 1. The molecule has 0 spiro atoms. The van der Waals surface area contributed by atoms with Gasteiger partial charge in [-0.15, -0.1) is 12.4 Å². The zero-order valence-electron chi connectivity index (χ0n) is 13.0. The van der Waals surface area contributed by atoms with E-state index in [1.807, 2.05) is 0 Å². The number of carbonyl (C=O) groups excluding carboxylic acids is 1. The molecule has 1 amide bonds. The highest BCUT2D eigenvalue weighted by molar-refractivity contribution is 7.89. The number of anilines is 1. The molecule has 1 aliphatic carbocycles. The summed E-state index contributed by atoms with van der Waals surface area (Å²) >= 11 is 0. The van der Waals surface area contributed by atoms with Crippen LogP contribution in [0.3, 0.4) is 0 Å². The third-order valence-corrected chi connectivity index (χ3v) is 6.03. The van der Waals surface area contributed by atoms with Crippen LogP contribution >= 0.6 is 12.4 Å². The number of hydrogen-bond donors (Lipinski definition) is 2. The van der Waals surface area contributed by atoms with Crippen LogP contribution in [-0.4, -0.2) is 34.0 Å². The zero-order valence-corrected chi connectivity index (χ0v) is 14.6. The van der Waals surface area contributed by atoms with E-state index < -0.39 is 10.0 Å². The van der Waals surface area contributed by atoms with Crippen LogP contribution in [0.25, 0.3) is 0 Å². The van der Waals surface area contributed by atoms with Crippen LogP contribution in [0.2, 0.25) is 0 Å². The van der Waals surface area contributed by atoms with Crippen LogP contribution in [0.5, 0.6) is 0 Å². The number of nitrogens with zero attached hydrogens (tertiary/aromatic N) is 1. The van der Waals surface area contributed by atoms with Crippen LogP contribution in [0.1, 0.15) is 24.8 Å². The second kappa shape index (κ2) is 6.76. The van der Waals surface area contributed by atoms with Gasteiger partial charge in [-0.2, -0.15) is 0 Å². The Hall–Kier alpha value is -1.15. The molecule has 0 aromatic heterocycles. The van der Waals surface area contributed by atoms with Gasteiger partial charge in [0.2, 0.25) is 15.9 Å². The molecule has 1 aromatic rings. The molecule has 3 rings (SSSR count). The van der Waals surface area contributed by atoms with Gasteiger partial charge in [-0.05, 0) is 50.4 Å². The summed E-state index contributed by atoms with van der Waals surface area (Å²) < 4.78 is 26.2. The van der Waals surface area contributed by atoms with Crippen LogP contribution in [0.15, 0.2) is 23.1 Å². The highest BCUT2D eigenvalue weighted by Crippen LogP contribution is 2.34. The molecule has 0 radical (unpaired) electrons. The predicted molar refractivity (Wildman–Crippen MR) is 91.3 cm³/mol. The zero-order chi connectivity index (χ0) is 15.9. The highest BCUT2D eigenvalue weighted by atomic mass is 35.5. The largest absolute Gasteiger partial charge is 0.328 e. The Kier molecular flexibility index (Phi) is 5.35. The van der Waals surface area contributed by atoms with Gasteiger partial charge in [-0.3, -0.25) is 4.79 Å². The Labute approximate surface area is 142 Å². The molecule has 0 saturated heterocycles. The minimum absolute atomic E-state index is 0. The molecule has 1 aromatic carbocycles. The number of carbonyl (C=O) groups is 1. The van der Waals surface area contributed by atoms with Crippen molar-refractivity contribution in [3.05, 3.63) is 23.8 Å². The number of benzene rings is 1. The summed E-state index contributed by atoms with van der Waals surface area (Å²) in [6, 6.07) is 5.09. The Morgan fingerprint density at radius 3 is 2.70 bits per heavy atom.